The van der Waals surface area contributed by atoms with Gasteiger partial charge in [0.1, 0.15) is 5.82 Å². The molecule has 0 saturated heterocycles. The first kappa shape index (κ1) is 14.5. The molecule has 0 radical (unpaired) electrons. The van der Waals surface area contributed by atoms with E-state index in [1.807, 2.05) is 0 Å². The number of hydrogen-bond donors (Lipinski definition) is 2. The standard InChI is InChI=1S/C12H15FN2O2S/c1-2-8-18(16,17)15-11-5-6-12(13)10(9-11)4-3-7-14/h5-6,9,15H,2,7-8,14H2,1H3. The molecule has 0 spiro atoms. The van der Waals surface area contributed by atoms with E-state index in [2.05, 4.69) is 16.6 Å². The Hall–Kier alpha value is -1.58. The molecule has 1 aromatic rings. The van der Waals surface area contributed by atoms with Gasteiger partial charge < -0.3 is 5.73 Å². The fraction of sp³-hybridized carbons (Fsp3) is 0.333. The molecule has 6 heteroatoms. The minimum atomic E-state index is -3.38. The normalized spacial score (nSPS) is 10.6. The molecule has 0 atom stereocenters. The molecule has 3 N–H and O–H groups in total. The van der Waals surface area contributed by atoms with E-state index in [1.54, 1.807) is 6.92 Å². The van der Waals surface area contributed by atoms with Gasteiger partial charge in [-0.25, -0.2) is 12.8 Å². The lowest BCUT2D eigenvalue weighted by Crippen LogP contribution is -2.16. The van der Waals surface area contributed by atoms with Gasteiger partial charge in [0.05, 0.1) is 17.9 Å². The molecule has 1 rings (SSSR count). The van der Waals surface area contributed by atoms with Crippen molar-refractivity contribution >= 4 is 15.7 Å². The second-order valence-corrected chi connectivity index (χ2v) is 5.46. The lowest BCUT2D eigenvalue weighted by molar-refractivity contribution is 0.599. The smallest absolute Gasteiger partial charge is 0.232 e. The lowest BCUT2D eigenvalue weighted by Gasteiger charge is -2.07. The first-order valence-electron chi connectivity index (χ1n) is 5.47. The van der Waals surface area contributed by atoms with Crippen LogP contribution in [0.15, 0.2) is 18.2 Å². The van der Waals surface area contributed by atoms with Crippen molar-refractivity contribution in [1.82, 2.24) is 0 Å². The molecule has 0 bridgehead atoms. The van der Waals surface area contributed by atoms with E-state index in [-0.39, 0.29) is 17.9 Å². The fourth-order valence-electron chi connectivity index (χ4n) is 1.33. The molecule has 0 saturated carbocycles. The largest absolute Gasteiger partial charge is 0.320 e. The Labute approximate surface area is 106 Å². The van der Waals surface area contributed by atoms with Crippen LogP contribution in [0.25, 0.3) is 0 Å². The van der Waals surface area contributed by atoms with Crippen LogP contribution in [0.1, 0.15) is 18.9 Å². The maximum atomic E-state index is 13.4. The molecule has 0 amide bonds. The molecule has 0 aliphatic carbocycles. The van der Waals surface area contributed by atoms with Crippen LogP contribution in [0.2, 0.25) is 0 Å². The van der Waals surface area contributed by atoms with E-state index in [4.69, 9.17) is 5.73 Å². The highest BCUT2D eigenvalue weighted by molar-refractivity contribution is 7.92. The quantitative estimate of drug-likeness (QED) is 0.810. The summed E-state index contributed by atoms with van der Waals surface area (Å²) >= 11 is 0. The van der Waals surface area contributed by atoms with Crippen molar-refractivity contribution in [1.29, 1.82) is 0 Å². The van der Waals surface area contributed by atoms with Crippen molar-refractivity contribution in [2.45, 2.75) is 13.3 Å². The number of sulfonamides is 1. The molecule has 98 valence electrons. The lowest BCUT2D eigenvalue weighted by atomic mass is 10.2. The average Bonchev–Trinajstić information content (AvgIpc) is 2.29. The number of nitrogens with two attached hydrogens (primary N) is 1. The summed E-state index contributed by atoms with van der Waals surface area (Å²) in [7, 11) is -3.38. The van der Waals surface area contributed by atoms with E-state index in [0.29, 0.717) is 12.1 Å². The van der Waals surface area contributed by atoms with Crippen LogP contribution in [0.5, 0.6) is 0 Å². The minimum absolute atomic E-state index is 0.0220. The molecule has 4 nitrogen and oxygen atoms in total. The van der Waals surface area contributed by atoms with E-state index in [1.165, 1.54) is 18.2 Å². The Bertz CT molecular complexity index is 573. The Morgan fingerprint density at radius 3 is 2.78 bits per heavy atom. The third kappa shape index (κ3) is 4.35. The van der Waals surface area contributed by atoms with Gasteiger partial charge in [-0.3, -0.25) is 4.72 Å². The Morgan fingerprint density at radius 2 is 2.17 bits per heavy atom. The highest BCUT2D eigenvalue weighted by atomic mass is 32.2. The zero-order valence-electron chi connectivity index (χ0n) is 10.0. The topological polar surface area (TPSA) is 72.2 Å². The first-order chi connectivity index (χ1) is 8.48. The molecule has 0 aliphatic heterocycles. The number of rotatable bonds is 4. The van der Waals surface area contributed by atoms with Gasteiger partial charge in [0.2, 0.25) is 10.0 Å². The van der Waals surface area contributed by atoms with Gasteiger partial charge in [0.15, 0.2) is 0 Å². The third-order valence-electron chi connectivity index (χ3n) is 2.04. The van der Waals surface area contributed by atoms with Crippen molar-refractivity contribution in [2.24, 2.45) is 5.73 Å². The van der Waals surface area contributed by atoms with Gasteiger partial charge in [-0.2, -0.15) is 0 Å². The van der Waals surface area contributed by atoms with Crippen LogP contribution in [-0.4, -0.2) is 20.7 Å². The maximum absolute atomic E-state index is 13.4. The van der Waals surface area contributed by atoms with E-state index >= 15 is 0 Å². The predicted molar refractivity (Wildman–Crippen MR) is 70.0 cm³/mol. The average molecular weight is 270 g/mol. The van der Waals surface area contributed by atoms with Crippen molar-refractivity contribution in [3.05, 3.63) is 29.6 Å². The predicted octanol–water partition coefficient (Wildman–Crippen LogP) is 1.29. The summed E-state index contributed by atoms with van der Waals surface area (Å²) in [6, 6.07) is 3.88. The summed E-state index contributed by atoms with van der Waals surface area (Å²) in [5, 5.41) is 0. The second-order valence-electron chi connectivity index (χ2n) is 3.62. The summed E-state index contributed by atoms with van der Waals surface area (Å²) in [4.78, 5) is 0. The van der Waals surface area contributed by atoms with E-state index in [0.717, 1.165) is 0 Å². The van der Waals surface area contributed by atoms with Crippen LogP contribution in [0.4, 0.5) is 10.1 Å². The van der Waals surface area contributed by atoms with Gasteiger partial charge in [0, 0.05) is 5.69 Å². The summed E-state index contributed by atoms with van der Waals surface area (Å²) in [5.74, 6) is 4.58. The number of halogens is 1. The van der Waals surface area contributed by atoms with Gasteiger partial charge in [-0.05, 0) is 24.6 Å². The molecule has 1 aromatic carbocycles. The molecule has 0 heterocycles. The van der Waals surface area contributed by atoms with Gasteiger partial charge in [-0.1, -0.05) is 18.8 Å². The first-order valence-corrected chi connectivity index (χ1v) is 7.12. The SMILES string of the molecule is CCCS(=O)(=O)Nc1ccc(F)c(C#CCN)c1. The van der Waals surface area contributed by atoms with Crippen LogP contribution in [0.3, 0.4) is 0 Å². The van der Waals surface area contributed by atoms with Crippen LogP contribution in [0, 0.1) is 17.7 Å². The molecular weight excluding hydrogens is 255 g/mol. The van der Waals surface area contributed by atoms with Crippen LogP contribution in [-0.2, 0) is 10.0 Å². The number of nitrogens with one attached hydrogen (secondary N) is 1. The zero-order chi connectivity index (χ0) is 13.6. The van der Waals surface area contributed by atoms with Crippen molar-refractivity contribution in [3.63, 3.8) is 0 Å². The molecule has 0 aromatic heterocycles. The van der Waals surface area contributed by atoms with Crippen molar-refractivity contribution in [3.8, 4) is 11.8 Å². The molecule has 18 heavy (non-hydrogen) atoms. The molecule has 0 fully saturated rings. The summed E-state index contributed by atoms with van der Waals surface area (Å²) < 4.78 is 38.8. The maximum Gasteiger partial charge on any atom is 0.232 e. The summed E-state index contributed by atoms with van der Waals surface area (Å²) in [6.07, 6.45) is 0.510. The third-order valence-corrected chi connectivity index (χ3v) is 3.53. The number of hydrogen-bond acceptors (Lipinski definition) is 3. The molecular formula is C12H15FN2O2S. The highest BCUT2D eigenvalue weighted by Gasteiger charge is 2.10. The van der Waals surface area contributed by atoms with E-state index < -0.39 is 15.8 Å². The van der Waals surface area contributed by atoms with Crippen LogP contribution < -0.4 is 10.5 Å². The van der Waals surface area contributed by atoms with Crippen molar-refractivity contribution in [2.75, 3.05) is 17.0 Å². The van der Waals surface area contributed by atoms with E-state index in [9.17, 15) is 12.8 Å². The van der Waals surface area contributed by atoms with Crippen LogP contribution >= 0.6 is 0 Å². The number of anilines is 1. The Kier molecular flexibility index (Phi) is 5.13. The van der Waals surface area contributed by atoms with Gasteiger partial charge >= 0.3 is 0 Å². The summed E-state index contributed by atoms with van der Waals surface area (Å²) in [5.41, 5.74) is 5.62. The molecule has 0 unspecified atom stereocenters. The highest BCUT2D eigenvalue weighted by Crippen LogP contribution is 2.15. The van der Waals surface area contributed by atoms with Gasteiger partial charge in [-0.15, -0.1) is 0 Å². The van der Waals surface area contributed by atoms with Crippen molar-refractivity contribution < 1.29 is 12.8 Å². The molecule has 0 aliphatic rings. The zero-order valence-corrected chi connectivity index (χ0v) is 10.8. The monoisotopic (exact) mass is 270 g/mol. The summed E-state index contributed by atoms with van der Waals surface area (Å²) in [6.45, 7) is 1.88. The Morgan fingerprint density at radius 1 is 1.44 bits per heavy atom. The Balaban J connectivity index is 2.99. The second kappa shape index (κ2) is 6.38. The number of benzene rings is 1. The fourth-order valence-corrected chi connectivity index (χ4v) is 2.46. The minimum Gasteiger partial charge on any atom is -0.320 e. The van der Waals surface area contributed by atoms with Gasteiger partial charge in [0.25, 0.3) is 0 Å².